The second kappa shape index (κ2) is 6.32. The van der Waals surface area contributed by atoms with Crippen molar-refractivity contribution in [3.8, 4) is 0 Å². The van der Waals surface area contributed by atoms with Crippen LogP contribution in [0, 0.1) is 5.82 Å². The van der Waals surface area contributed by atoms with Gasteiger partial charge >= 0.3 is 0 Å². The summed E-state index contributed by atoms with van der Waals surface area (Å²) in [6, 6.07) is 11.3. The normalized spacial score (nSPS) is 10.2. The van der Waals surface area contributed by atoms with Crippen LogP contribution in [0.1, 0.15) is 15.9 Å². The lowest BCUT2D eigenvalue weighted by Gasteiger charge is -2.18. The molecule has 0 atom stereocenters. The van der Waals surface area contributed by atoms with Gasteiger partial charge in [0.2, 0.25) is 0 Å². The molecule has 0 heterocycles. The number of carbonyl (C=O) groups excluding carboxylic acids is 1. The number of thiocarbonyl (C=S) groups is 1. The minimum Gasteiger partial charge on any atom is -0.389 e. The van der Waals surface area contributed by atoms with Crippen LogP contribution in [0.3, 0.4) is 0 Å². The lowest BCUT2D eigenvalue weighted by molar-refractivity contribution is 0.0992. The molecule has 2 N–H and O–H groups in total. The molecule has 0 aromatic heterocycles. The Kier molecular flexibility index (Phi) is 4.69. The van der Waals surface area contributed by atoms with Crippen LogP contribution < -0.4 is 10.6 Å². The average molecular weight is 367 g/mol. The van der Waals surface area contributed by atoms with E-state index in [4.69, 9.17) is 18.0 Å². The smallest absolute Gasteiger partial charge is 0.258 e. The highest BCUT2D eigenvalue weighted by molar-refractivity contribution is 9.10. The molecule has 0 aliphatic rings. The van der Waals surface area contributed by atoms with Crippen LogP contribution >= 0.6 is 28.1 Å². The van der Waals surface area contributed by atoms with Crippen molar-refractivity contribution in [2.45, 2.75) is 0 Å². The van der Waals surface area contributed by atoms with Crippen LogP contribution in [-0.2, 0) is 0 Å². The standard InChI is InChI=1S/C15H12BrFN2OS/c1-19(11-4-2-3-9(7-11)14(18)21)15(20)10-5-6-12(16)13(17)8-10/h2-8H,1H3,(H2,18,21). The average Bonchev–Trinajstić information content (AvgIpc) is 2.48. The van der Waals surface area contributed by atoms with E-state index in [1.807, 2.05) is 0 Å². The maximum atomic E-state index is 13.5. The molecule has 0 spiro atoms. The van der Waals surface area contributed by atoms with Gasteiger partial charge in [-0.1, -0.05) is 24.4 Å². The van der Waals surface area contributed by atoms with Crippen molar-refractivity contribution in [1.29, 1.82) is 0 Å². The number of amides is 1. The molecule has 1 amide bonds. The molecule has 0 aliphatic carbocycles. The highest BCUT2D eigenvalue weighted by Gasteiger charge is 2.15. The summed E-state index contributed by atoms with van der Waals surface area (Å²) in [5.74, 6) is -0.798. The predicted molar refractivity (Wildman–Crippen MR) is 89.2 cm³/mol. The van der Waals surface area contributed by atoms with Crippen LogP contribution in [0.4, 0.5) is 10.1 Å². The molecule has 3 nitrogen and oxygen atoms in total. The van der Waals surface area contributed by atoms with Gasteiger partial charge in [0, 0.05) is 23.9 Å². The summed E-state index contributed by atoms with van der Waals surface area (Å²) >= 11 is 7.98. The molecule has 0 saturated heterocycles. The van der Waals surface area contributed by atoms with Crippen LogP contribution in [-0.4, -0.2) is 17.9 Å². The molecule has 0 unspecified atom stereocenters. The number of carbonyl (C=O) groups is 1. The monoisotopic (exact) mass is 366 g/mol. The zero-order chi connectivity index (χ0) is 15.6. The second-order valence-electron chi connectivity index (χ2n) is 4.41. The molecular weight excluding hydrogens is 355 g/mol. The molecule has 2 aromatic carbocycles. The number of hydrogen-bond acceptors (Lipinski definition) is 2. The Bertz CT molecular complexity index is 721. The minimum atomic E-state index is -0.480. The summed E-state index contributed by atoms with van der Waals surface area (Å²) < 4.78 is 13.8. The van der Waals surface area contributed by atoms with Crippen LogP contribution in [0.15, 0.2) is 46.9 Å². The summed E-state index contributed by atoms with van der Waals surface area (Å²) in [5, 5.41) is 0. The lowest BCUT2D eigenvalue weighted by atomic mass is 10.1. The molecular formula is C15H12BrFN2OS. The third kappa shape index (κ3) is 3.46. The fraction of sp³-hybridized carbons (Fsp3) is 0.0667. The Balaban J connectivity index is 2.32. The summed E-state index contributed by atoms with van der Waals surface area (Å²) in [4.78, 5) is 14.0. The lowest BCUT2D eigenvalue weighted by Crippen LogP contribution is -2.26. The van der Waals surface area contributed by atoms with Crippen LogP contribution in [0.25, 0.3) is 0 Å². The van der Waals surface area contributed by atoms with Crippen LogP contribution in [0.2, 0.25) is 0 Å². The van der Waals surface area contributed by atoms with Crippen molar-refractivity contribution < 1.29 is 9.18 Å². The number of anilines is 1. The summed E-state index contributed by atoms with van der Waals surface area (Å²) in [7, 11) is 1.61. The topological polar surface area (TPSA) is 46.3 Å². The Morgan fingerprint density at radius 2 is 1.95 bits per heavy atom. The summed E-state index contributed by atoms with van der Waals surface area (Å²) in [6.45, 7) is 0. The quantitative estimate of drug-likeness (QED) is 0.845. The fourth-order valence-corrected chi connectivity index (χ4v) is 2.18. The van der Waals surface area contributed by atoms with E-state index >= 15 is 0 Å². The molecule has 2 rings (SSSR count). The van der Waals surface area contributed by atoms with Gasteiger partial charge in [-0.15, -0.1) is 0 Å². The van der Waals surface area contributed by atoms with Crippen molar-refractivity contribution in [2.24, 2.45) is 5.73 Å². The third-order valence-electron chi connectivity index (χ3n) is 2.99. The first-order chi connectivity index (χ1) is 9.90. The molecule has 0 aliphatic heterocycles. The maximum Gasteiger partial charge on any atom is 0.258 e. The van der Waals surface area contributed by atoms with Gasteiger partial charge in [-0.3, -0.25) is 4.79 Å². The van der Waals surface area contributed by atoms with E-state index in [-0.39, 0.29) is 16.5 Å². The second-order valence-corrected chi connectivity index (χ2v) is 5.70. The molecule has 21 heavy (non-hydrogen) atoms. The first kappa shape index (κ1) is 15.6. The number of nitrogens with two attached hydrogens (primary N) is 1. The largest absolute Gasteiger partial charge is 0.389 e. The Morgan fingerprint density at radius 1 is 1.24 bits per heavy atom. The van der Waals surface area contributed by atoms with E-state index < -0.39 is 5.82 Å². The van der Waals surface area contributed by atoms with E-state index in [0.717, 1.165) is 0 Å². The zero-order valence-electron chi connectivity index (χ0n) is 11.1. The van der Waals surface area contributed by atoms with Gasteiger partial charge in [0.1, 0.15) is 10.8 Å². The summed E-state index contributed by atoms with van der Waals surface area (Å²) in [5.41, 5.74) is 7.15. The maximum absolute atomic E-state index is 13.5. The zero-order valence-corrected chi connectivity index (χ0v) is 13.5. The number of rotatable bonds is 3. The highest BCUT2D eigenvalue weighted by atomic mass is 79.9. The minimum absolute atomic E-state index is 0.257. The molecule has 0 fully saturated rings. The number of nitrogens with zero attached hydrogens (tertiary/aromatic N) is 1. The van der Waals surface area contributed by atoms with Crippen molar-refractivity contribution >= 4 is 44.7 Å². The highest BCUT2D eigenvalue weighted by Crippen LogP contribution is 2.20. The molecule has 108 valence electrons. The summed E-state index contributed by atoms with van der Waals surface area (Å²) in [6.07, 6.45) is 0. The molecule has 0 radical (unpaired) electrons. The van der Waals surface area contributed by atoms with Gasteiger partial charge in [-0.25, -0.2) is 4.39 Å². The van der Waals surface area contributed by atoms with Gasteiger partial charge in [0.15, 0.2) is 0 Å². The van der Waals surface area contributed by atoms with Gasteiger partial charge in [-0.05, 0) is 46.3 Å². The first-order valence-corrected chi connectivity index (χ1v) is 7.23. The Morgan fingerprint density at radius 3 is 2.57 bits per heavy atom. The van der Waals surface area contributed by atoms with Gasteiger partial charge < -0.3 is 10.6 Å². The van der Waals surface area contributed by atoms with Gasteiger partial charge in [0.05, 0.1) is 4.47 Å². The Labute approximate surface area is 135 Å². The number of hydrogen-bond donors (Lipinski definition) is 1. The van der Waals surface area contributed by atoms with E-state index in [9.17, 15) is 9.18 Å². The predicted octanol–water partition coefficient (Wildman–Crippen LogP) is 3.50. The van der Waals surface area contributed by atoms with Crippen molar-refractivity contribution in [1.82, 2.24) is 0 Å². The van der Waals surface area contributed by atoms with Crippen LogP contribution in [0.5, 0.6) is 0 Å². The van der Waals surface area contributed by atoms with E-state index in [0.29, 0.717) is 15.7 Å². The van der Waals surface area contributed by atoms with Crippen molar-refractivity contribution in [3.05, 3.63) is 63.9 Å². The van der Waals surface area contributed by atoms with E-state index in [1.54, 1.807) is 37.4 Å². The molecule has 0 saturated carbocycles. The number of halogens is 2. The fourth-order valence-electron chi connectivity index (χ4n) is 1.81. The Hall–Kier alpha value is -1.79. The SMILES string of the molecule is CN(C(=O)c1ccc(Br)c(F)c1)c1cccc(C(N)=S)c1. The first-order valence-electron chi connectivity index (χ1n) is 6.03. The van der Waals surface area contributed by atoms with E-state index in [2.05, 4.69) is 15.9 Å². The number of benzene rings is 2. The van der Waals surface area contributed by atoms with Crippen molar-refractivity contribution in [3.63, 3.8) is 0 Å². The molecule has 6 heteroatoms. The third-order valence-corrected chi connectivity index (χ3v) is 3.87. The van der Waals surface area contributed by atoms with E-state index in [1.165, 1.54) is 17.0 Å². The van der Waals surface area contributed by atoms with Gasteiger partial charge in [0.25, 0.3) is 5.91 Å². The van der Waals surface area contributed by atoms with Gasteiger partial charge in [-0.2, -0.15) is 0 Å². The molecule has 0 bridgehead atoms. The van der Waals surface area contributed by atoms with Crippen molar-refractivity contribution in [2.75, 3.05) is 11.9 Å². The molecule has 2 aromatic rings.